The lowest BCUT2D eigenvalue weighted by atomic mass is 10.4. The van der Waals surface area contributed by atoms with Gasteiger partial charge in [0.2, 0.25) is 0 Å². The molecule has 0 fully saturated rings. The normalized spacial score (nSPS) is 11.2. The van der Waals surface area contributed by atoms with Crippen LogP contribution in [0.3, 0.4) is 0 Å². The van der Waals surface area contributed by atoms with Gasteiger partial charge in [0, 0.05) is 10.6 Å². The third-order valence-corrected chi connectivity index (χ3v) is 3.00. The fraction of sp³-hybridized carbons (Fsp3) is 0.333. The van der Waals surface area contributed by atoms with Crippen molar-refractivity contribution in [3.63, 3.8) is 0 Å². The lowest BCUT2D eigenvalue weighted by molar-refractivity contribution is -0.129. The zero-order valence-corrected chi connectivity index (χ0v) is 10.4. The fourth-order valence-electron chi connectivity index (χ4n) is 1.01. The summed E-state index contributed by atoms with van der Waals surface area (Å²) in [7, 11) is 0. The number of hydrogen-bond donors (Lipinski definition) is 1. The van der Waals surface area contributed by atoms with Crippen LogP contribution in [0.25, 0.3) is 0 Å². The summed E-state index contributed by atoms with van der Waals surface area (Å²) < 4.78 is 0. The highest BCUT2D eigenvalue weighted by molar-refractivity contribution is 7.99. The maximum absolute atomic E-state index is 10.4. The Morgan fingerprint density at radius 1 is 1.41 bits per heavy atom. The van der Waals surface area contributed by atoms with Crippen LogP contribution in [-0.4, -0.2) is 29.1 Å². The maximum atomic E-state index is 10.4. The van der Waals surface area contributed by atoms with Gasteiger partial charge in [-0.1, -0.05) is 23.4 Å². The Morgan fingerprint density at radius 3 is 2.76 bits per heavy atom. The molecular weight excluding hydrogens is 238 g/mol. The molecule has 0 radical (unpaired) electrons. The summed E-state index contributed by atoms with van der Waals surface area (Å²) in [4.78, 5) is 16.5. The highest BCUT2D eigenvalue weighted by atomic mass is 32.2. The molecule has 5 heteroatoms. The second kappa shape index (κ2) is 7.73. The van der Waals surface area contributed by atoms with E-state index in [0.717, 1.165) is 12.2 Å². The van der Waals surface area contributed by atoms with Gasteiger partial charge < -0.3 is 9.94 Å². The molecule has 1 N–H and O–H groups in total. The number of carboxylic acid groups (broad SMARTS) is 1. The maximum Gasteiger partial charge on any atom is 0.353 e. The predicted octanol–water partition coefficient (Wildman–Crippen LogP) is 2.65. The van der Waals surface area contributed by atoms with Crippen LogP contribution in [0.5, 0.6) is 0 Å². The molecule has 0 amide bonds. The number of nitrogens with zero attached hydrogens (tertiary/aromatic N) is 1. The zero-order chi connectivity index (χ0) is 12.5. The minimum absolute atomic E-state index is 0.0271. The minimum Gasteiger partial charge on any atom is -0.477 e. The minimum atomic E-state index is -1.05. The molecule has 1 rings (SSSR count). The summed E-state index contributed by atoms with van der Waals surface area (Å²) in [5.74, 6) is -0.130. The molecule has 0 aliphatic rings. The molecule has 4 nitrogen and oxygen atoms in total. The van der Waals surface area contributed by atoms with E-state index in [0.29, 0.717) is 6.61 Å². The van der Waals surface area contributed by atoms with E-state index in [1.165, 1.54) is 11.8 Å². The third kappa shape index (κ3) is 5.97. The number of thioether (sulfide) groups is 1. The second-order valence-corrected chi connectivity index (χ2v) is 4.50. The van der Waals surface area contributed by atoms with Crippen LogP contribution in [0.15, 0.2) is 40.4 Å². The summed E-state index contributed by atoms with van der Waals surface area (Å²) in [6.45, 7) is 1.84. The van der Waals surface area contributed by atoms with Gasteiger partial charge in [-0.2, -0.15) is 0 Å². The van der Waals surface area contributed by atoms with Crippen LogP contribution < -0.4 is 0 Å². The molecule has 0 aliphatic carbocycles. The van der Waals surface area contributed by atoms with Crippen LogP contribution in [0, 0.1) is 0 Å². The van der Waals surface area contributed by atoms with Gasteiger partial charge in [0.1, 0.15) is 6.61 Å². The van der Waals surface area contributed by atoms with E-state index in [1.807, 2.05) is 18.2 Å². The summed E-state index contributed by atoms with van der Waals surface area (Å²) in [5.41, 5.74) is -0.0271. The first-order valence-electron chi connectivity index (χ1n) is 5.28. The number of oxime groups is 1. The molecule has 0 atom stereocenters. The molecule has 0 saturated heterocycles. The highest BCUT2D eigenvalue weighted by Crippen LogP contribution is 2.17. The van der Waals surface area contributed by atoms with Crippen LogP contribution in [0.4, 0.5) is 0 Å². The summed E-state index contributed by atoms with van der Waals surface area (Å²) >= 11 is 1.74. The smallest absolute Gasteiger partial charge is 0.353 e. The largest absolute Gasteiger partial charge is 0.477 e. The first kappa shape index (κ1) is 13.6. The van der Waals surface area contributed by atoms with Crippen molar-refractivity contribution in [1.82, 2.24) is 0 Å². The highest BCUT2D eigenvalue weighted by Gasteiger charge is 2.01. The summed E-state index contributed by atoms with van der Waals surface area (Å²) in [6, 6.07) is 10.1. The third-order valence-electron chi connectivity index (χ3n) is 1.90. The molecule has 0 unspecified atom stereocenters. The Bertz CT molecular complexity index is 379. The summed E-state index contributed by atoms with van der Waals surface area (Å²) in [6.07, 6.45) is 0.829. The number of carboxylic acids is 1. The molecule has 1 aromatic carbocycles. The van der Waals surface area contributed by atoms with E-state index < -0.39 is 5.97 Å². The first-order chi connectivity index (χ1) is 8.20. The standard InChI is InChI=1S/C12H15NO3S/c1-10(12(14)15)13-16-8-5-9-17-11-6-3-2-4-7-11/h2-4,6-7H,5,8-9H2,1H3,(H,14,15)/b13-10-. The topological polar surface area (TPSA) is 58.9 Å². The van der Waals surface area contributed by atoms with E-state index >= 15 is 0 Å². The molecule has 1 aromatic rings. The molecule has 0 bridgehead atoms. The van der Waals surface area contributed by atoms with Gasteiger partial charge in [-0.3, -0.25) is 0 Å². The molecule has 0 aliphatic heterocycles. The number of aliphatic carboxylic acids is 1. The van der Waals surface area contributed by atoms with Crippen molar-refractivity contribution < 1.29 is 14.7 Å². The van der Waals surface area contributed by atoms with Gasteiger partial charge in [-0.25, -0.2) is 4.79 Å². The lowest BCUT2D eigenvalue weighted by Crippen LogP contribution is -2.08. The Labute approximate surface area is 105 Å². The molecule has 0 spiro atoms. The van der Waals surface area contributed by atoms with Gasteiger partial charge >= 0.3 is 5.97 Å². The second-order valence-electron chi connectivity index (χ2n) is 3.33. The quantitative estimate of drug-likeness (QED) is 0.351. The number of rotatable bonds is 7. The lowest BCUT2D eigenvalue weighted by Gasteiger charge is -2.01. The van der Waals surface area contributed by atoms with Crippen molar-refractivity contribution >= 4 is 23.4 Å². The van der Waals surface area contributed by atoms with Gasteiger partial charge in [0.05, 0.1) is 0 Å². The van der Waals surface area contributed by atoms with E-state index in [9.17, 15) is 4.79 Å². The number of carbonyl (C=O) groups is 1. The number of benzene rings is 1. The molecule has 0 saturated carbocycles. The van der Waals surface area contributed by atoms with Crippen LogP contribution in [0.2, 0.25) is 0 Å². The first-order valence-corrected chi connectivity index (χ1v) is 6.26. The Kier molecular flexibility index (Phi) is 6.17. The van der Waals surface area contributed by atoms with Gasteiger partial charge in [-0.15, -0.1) is 11.8 Å². The summed E-state index contributed by atoms with van der Waals surface area (Å²) in [5, 5.41) is 12.0. The van der Waals surface area contributed by atoms with E-state index in [2.05, 4.69) is 17.3 Å². The molecule has 0 heterocycles. The molecular formula is C12H15NO3S. The van der Waals surface area contributed by atoms with E-state index in [1.54, 1.807) is 11.8 Å². The van der Waals surface area contributed by atoms with Crippen molar-refractivity contribution in [2.24, 2.45) is 5.16 Å². The monoisotopic (exact) mass is 253 g/mol. The fourth-order valence-corrected chi connectivity index (χ4v) is 1.86. The average molecular weight is 253 g/mol. The van der Waals surface area contributed by atoms with Crippen molar-refractivity contribution in [3.8, 4) is 0 Å². The molecule has 0 aromatic heterocycles. The van der Waals surface area contributed by atoms with Crippen LogP contribution in [0.1, 0.15) is 13.3 Å². The van der Waals surface area contributed by atoms with Crippen molar-refractivity contribution in [2.75, 3.05) is 12.4 Å². The average Bonchev–Trinajstić information content (AvgIpc) is 2.34. The number of hydrogen-bond acceptors (Lipinski definition) is 4. The molecule has 17 heavy (non-hydrogen) atoms. The Morgan fingerprint density at radius 2 is 2.12 bits per heavy atom. The van der Waals surface area contributed by atoms with E-state index in [4.69, 9.17) is 9.94 Å². The Balaban J connectivity index is 2.10. The molecule has 92 valence electrons. The SMILES string of the molecule is C/C(=N/OCCCSc1ccccc1)C(=O)O. The van der Waals surface area contributed by atoms with Gasteiger partial charge in [0.15, 0.2) is 5.71 Å². The van der Waals surface area contributed by atoms with Gasteiger partial charge in [0.25, 0.3) is 0 Å². The van der Waals surface area contributed by atoms with Crippen LogP contribution >= 0.6 is 11.8 Å². The predicted molar refractivity (Wildman–Crippen MR) is 68.5 cm³/mol. The van der Waals surface area contributed by atoms with Crippen molar-refractivity contribution in [1.29, 1.82) is 0 Å². The zero-order valence-electron chi connectivity index (χ0n) is 9.63. The van der Waals surface area contributed by atoms with Gasteiger partial charge in [-0.05, 0) is 25.5 Å². The Hall–Kier alpha value is -1.49. The van der Waals surface area contributed by atoms with Crippen molar-refractivity contribution in [2.45, 2.75) is 18.2 Å². The van der Waals surface area contributed by atoms with E-state index in [-0.39, 0.29) is 5.71 Å². The van der Waals surface area contributed by atoms with Crippen molar-refractivity contribution in [3.05, 3.63) is 30.3 Å². The van der Waals surface area contributed by atoms with Crippen LogP contribution in [-0.2, 0) is 9.63 Å².